The van der Waals surface area contributed by atoms with Crippen molar-refractivity contribution in [3.05, 3.63) is 43.0 Å². The average Bonchev–Trinajstić information content (AvgIpc) is 3.00. The average molecular weight is 294 g/mol. The number of piperidine rings is 1. The lowest BCUT2D eigenvalue weighted by molar-refractivity contribution is 0.479. The van der Waals surface area contributed by atoms with Gasteiger partial charge in [0.25, 0.3) is 0 Å². The van der Waals surface area contributed by atoms with Crippen molar-refractivity contribution in [3.63, 3.8) is 0 Å². The molecule has 1 fully saturated rings. The van der Waals surface area contributed by atoms with Crippen molar-refractivity contribution in [2.24, 2.45) is 0 Å². The molecule has 0 unspecified atom stereocenters. The highest BCUT2D eigenvalue weighted by atomic mass is 15.2. The van der Waals surface area contributed by atoms with E-state index >= 15 is 0 Å². The van der Waals surface area contributed by atoms with Gasteiger partial charge in [0.1, 0.15) is 5.82 Å². The number of rotatable bonds is 3. The zero-order chi connectivity index (χ0) is 14.8. The molecule has 22 heavy (non-hydrogen) atoms. The van der Waals surface area contributed by atoms with E-state index in [9.17, 15) is 0 Å². The van der Waals surface area contributed by atoms with Gasteiger partial charge in [-0.1, -0.05) is 6.07 Å². The first kappa shape index (κ1) is 13.2. The minimum absolute atomic E-state index is 0.419. The SMILES string of the molecule is c1ccn2ncc(-c3cncc(N[C@@H]4CCCNC4)n3)c2c1. The summed E-state index contributed by atoms with van der Waals surface area (Å²) in [6.45, 7) is 2.08. The molecule has 1 atom stereocenters. The monoisotopic (exact) mass is 294 g/mol. The van der Waals surface area contributed by atoms with Gasteiger partial charge in [-0.05, 0) is 31.5 Å². The largest absolute Gasteiger partial charge is 0.365 e. The van der Waals surface area contributed by atoms with Crippen LogP contribution in [0.4, 0.5) is 5.82 Å². The minimum atomic E-state index is 0.419. The van der Waals surface area contributed by atoms with E-state index in [1.54, 1.807) is 12.4 Å². The Morgan fingerprint density at radius 3 is 3.14 bits per heavy atom. The Balaban J connectivity index is 1.63. The first-order valence-electron chi connectivity index (χ1n) is 7.62. The molecule has 0 bridgehead atoms. The van der Waals surface area contributed by atoms with Crippen LogP contribution in [0.1, 0.15) is 12.8 Å². The summed E-state index contributed by atoms with van der Waals surface area (Å²) in [5.41, 5.74) is 2.88. The lowest BCUT2D eigenvalue weighted by atomic mass is 10.1. The number of aromatic nitrogens is 4. The van der Waals surface area contributed by atoms with Gasteiger partial charge in [-0.3, -0.25) is 4.98 Å². The van der Waals surface area contributed by atoms with E-state index in [1.165, 1.54) is 6.42 Å². The van der Waals surface area contributed by atoms with E-state index in [-0.39, 0.29) is 0 Å². The molecular formula is C16H18N6. The molecule has 3 aromatic heterocycles. The van der Waals surface area contributed by atoms with Crippen LogP contribution < -0.4 is 10.6 Å². The molecule has 6 heteroatoms. The summed E-state index contributed by atoms with van der Waals surface area (Å²) in [4.78, 5) is 9.04. The van der Waals surface area contributed by atoms with Crippen molar-refractivity contribution < 1.29 is 0 Å². The van der Waals surface area contributed by atoms with Crippen molar-refractivity contribution in [2.75, 3.05) is 18.4 Å². The lowest BCUT2D eigenvalue weighted by Crippen LogP contribution is -2.38. The number of hydrogen-bond donors (Lipinski definition) is 2. The van der Waals surface area contributed by atoms with Gasteiger partial charge in [-0.25, -0.2) is 9.50 Å². The second-order valence-corrected chi connectivity index (χ2v) is 5.57. The van der Waals surface area contributed by atoms with E-state index in [0.29, 0.717) is 6.04 Å². The molecule has 1 aliphatic heterocycles. The fourth-order valence-corrected chi connectivity index (χ4v) is 2.88. The fraction of sp³-hybridized carbons (Fsp3) is 0.312. The third-order valence-corrected chi connectivity index (χ3v) is 3.99. The van der Waals surface area contributed by atoms with Gasteiger partial charge in [0.05, 0.1) is 29.8 Å². The second kappa shape index (κ2) is 5.73. The van der Waals surface area contributed by atoms with Gasteiger partial charge in [0.2, 0.25) is 0 Å². The van der Waals surface area contributed by atoms with Crippen LogP contribution in [0.3, 0.4) is 0 Å². The van der Waals surface area contributed by atoms with Crippen molar-refractivity contribution in [3.8, 4) is 11.3 Å². The molecule has 0 saturated carbocycles. The number of hydrogen-bond acceptors (Lipinski definition) is 5. The number of nitrogens with one attached hydrogen (secondary N) is 2. The molecule has 4 rings (SSSR count). The smallest absolute Gasteiger partial charge is 0.145 e. The van der Waals surface area contributed by atoms with E-state index < -0.39 is 0 Å². The van der Waals surface area contributed by atoms with Gasteiger partial charge in [0, 0.05) is 24.3 Å². The third kappa shape index (κ3) is 2.53. The Hall–Kier alpha value is -2.47. The molecule has 2 N–H and O–H groups in total. The summed E-state index contributed by atoms with van der Waals surface area (Å²) in [5, 5.41) is 11.2. The van der Waals surface area contributed by atoms with Crippen LogP contribution in [0, 0.1) is 0 Å². The first-order valence-corrected chi connectivity index (χ1v) is 7.62. The first-order chi connectivity index (χ1) is 10.9. The van der Waals surface area contributed by atoms with Crippen LogP contribution in [-0.4, -0.2) is 38.7 Å². The Morgan fingerprint density at radius 2 is 2.23 bits per heavy atom. The van der Waals surface area contributed by atoms with Crippen LogP contribution in [0.5, 0.6) is 0 Å². The van der Waals surface area contributed by atoms with E-state index in [1.807, 2.05) is 35.1 Å². The van der Waals surface area contributed by atoms with Crippen LogP contribution in [0.15, 0.2) is 43.0 Å². The molecule has 1 saturated heterocycles. The summed E-state index contributed by atoms with van der Waals surface area (Å²) < 4.78 is 1.85. The van der Waals surface area contributed by atoms with Gasteiger partial charge < -0.3 is 10.6 Å². The summed E-state index contributed by atoms with van der Waals surface area (Å²) in [5.74, 6) is 0.821. The van der Waals surface area contributed by atoms with Crippen molar-refractivity contribution in [1.29, 1.82) is 0 Å². The standard InChI is InChI=1S/C16H18N6/c1-2-7-22-15(5-1)13(9-19-22)14-10-18-11-16(21-14)20-12-4-3-6-17-8-12/h1-2,5,7,9-12,17H,3-4,6,8H2,(H,20,21)/t12-/m1/s1. The highest BCUT2D eigenvalue weighted by Crippen LogP contribution is 2.23. The number of fused-ring (bicyclic) bond motifs is 1. The zero-order valence-corrected chi connectivity index (χ0v) is 12.2. The molecule has 0 amide bonds. The predicted molar refractivity (Wildman–Crippen MR) is 85.7 cm³/mol. The topological polar surface area (TPSA) is 67.1 Å². The highest BCUT2D eigenvalue weighted by Gasteiger charge is 2.14. The van der Waals surface area contributed by atoms with Crippen LogP contribution in [0.25, 0.3) is 16.8 Å². The zero-order valence-electron chi connectivity index (χ0n) is 12.2. The fourth-order valence-electron chi connectivity index (χ4n) is 2.88. The quantitative estimate of drug-likeness (QED) is 0.773. The van der Waals surface area contributed by atoms with E-state index in [4.69, 9.17) is 4.98 Å². The molecule has 0 radical (unpaired) electrons. The second-order valence-electron chi connectivity index (χ2n) is 5.57. The minimum Gasteiger partial charge on any atom is -0.365 e. The summed E-state index contributed by atoms with van der Waals surface area (Å²) >= 11 is 0. The maximum Gasteiger partial charge on any atom is 0.145 e. The molecule has 0 aliphatic carbocycles. The van der Waals surface area contributed by atoms with Gasteiger partial charge in [0.15, 0.2) is 0 Å². The maximum atomic E-state index is 4.70. The summed E-state index contributed by atoms with van der Waals surface area (Å²) in [6.07, 6.45) is 9.69. The normalized spacial score (nSPS) is 18.5. The molecule has 4 heterocycles. The van der Waals surface area contributed by atoms with Crippen molar-refractivity contribution in [1.82, 2.24) is 24.9 Å². The van der Waals surface area contributed by atoms with Crippen LogP contribution >= 0.6 is 0 Å². The predicted octanol–water partition coefficient (Wildman–Crippen LogP) is 1.96. The van der Waals surface area contributed by atoms with E-state index in [2.05, 4.69) is 20.7 Å². The van der Waals surface area contributed by atoms with Crippen molar-refractivity contribution >= 4 is 11.3 Å². The van der Waals surface area contributed by atoms with Gasteiger partial charge >= 0.3 is 0 Å². The van der Waals surface area contributed by atoms with Gasteiger partial charge in [-0.15, -0.1) is 0 Å². The summed E-state index contributed by atoms with van der Waals surface area (Å²) in [7, 11) is 0. The number of pyridine rings is 1. The number of nitrogens with zero attached hydrogens (tertiary/aromatic N) is 4. The molecule has 112 valence electrons. The molecule has 6 nitrogen and oxygen atoms in total. The van der Waals surface area contributed by atoms with Crippen LogP contribution in [0.2, 0.25) is 0 Å². The van der Waals surface area contributed by atoms with Crippen molar-refractivity contribution in [2.45, 2.75) is 18.9 Å². The third-order valence-electron chi connectivity index (χ3n) is 3.99. The lowest BCUT2D eigenvalue weighted by Gasteiger charge is -2.24. The van der Waals surface area contributed by atoms with Gasteiger partial charge in [-0.2, -0.15) is 5.10 Å². The summed E-state index contributed by atoms with van der Waals surface area (Å²) in [6, 6.07) is 6.42. The van der Waals surface area contributed by atoms with E-state index in [0.717, 1.165) is 42.1 Å². The van der Waals surface area contributed by atoms with Crippen LogP contribution in [-0.2, 0) is 0 Å². The highest BCUT2D eigenvalue weighted by molar-refractivity contribution is 5.77. The Bertz CT molecular complexity index is 775. The molecule has 0 aromatic carbocycles. The molecule has 0 spiro atoms. The Kier molecular flexibility index (Phi) is 3.44. The maximum absolute atomic E-state index is 4.70. The number of anilines is 1. The Labute approximate surface area is 128 Å². The molecule has 3 aromatic rings. The molecule has 1 aliphatic rings. The Morgan fingerprint density at radius 1 is 1.23 bits per heavy atom. The molecular weight excluding hydrogens is 276 g/mol.